The van der Waals surface area contributed by atoms with Gasteiger partial charge in [-0.1, -0.05) is 17.3 Å². The van der Waals surface area contributed by atoms with Crippen LogP contribution in [-0.4, -0.2) is 35.1 Å². The predicted octanol–water partition coefficient (Wildman–Crippen LogP) is 4.20. The summed E-state index contributed by atoms with van der Waals surface area (Å²) >= 11 is 0. The highest BCUT2D eigenvalue weighted by Crippen LogP contribution is 2.24. The highest BCUT2D eigenvalue weighted by Gasteiger charge is 2.12. The Hall–Kier alpha value is -4.13. The van der Waals surface area contributed by atoms with Crippen molar-refractivity contribution < 1.29 is 14.3 Å². The maximum absolute atomic E-state index is 12.7. The summed E-state index contributed by atoms with van der Waals surface area (Å²) < 4.78 is 12.0. The minimum Gasteiger partial charge on any atom is -0.497 e. The molecule has 30 heavy (non-hydrogen) atoms. The molecule has 0 spiro atoms. The average molecular weight is 400 g/mol. The zero-order valence-corrected chi connectivity index (χ0v) is 16.6. The molecular weight excluding hydrogens is 380 g/mol. The number of hydrogen-bond acceptors (Lipinski definition) is 5. The third-order valence-electron chi connectivity index (χ3n) is 4.63. The number of methoxy groups -OCH3 is 2. The molecule has 4 rings (SSSR count). The Morgan fingerprint density at radius 3 is 2.17 bits per heavy atom. The van der Waals surface area contributed by atoms with Crippen molar-refractivity contribution >= 4 is 11.6 Å². The summed E-state index contributed by atoms with van der Waals surface area (Å²) in [5, 5.41) is 11.4. The summed E-state index contributed by atoms with van der Waals surface area (Å²) in [7, 11) is 3.21. The first-order chi connectivity index (χ1) is 14.7. The number of para-hydroxylation sites is 2. The van der Waals surface area contributed by atoms with E-state index in [1.165, 1.54) is 0 Å². The lowest BCUT2D eigenvalue weighted by molar-refractivity contribution is 0.102. The number of nitrogens with one attached hydrogen (secondary N) is 1. The maximum atomic E-state index is 12.7. The first kappa shape index (κ1) is 19.2. The molecule has 1 heterocycles. The Kier molecular flexibility index (Phi) is 5.43. The van der Waals surface area contributed by atoms with E-state index in [-0.39, 0.29) is 5.91 Å². The van der Waals surface area contributed by atoms with Gasteiger partial charge in [0.05, 0.1) is 31.8 Å². The van der Waals surface area contributed by atoms with Crippen molar-refractivity contribution in [2.24, 2.45) is 0 Å². The smallest absolute Gasteiger partial charge is 0.255 e. The van der Waals surface area contributed by atoms with Crippen molar-refractivity contribution in [2.75, 3.05) is 19.5 Å². The highest BCUT2D eigenvalue weighted by molar-refractivity contribution is 6.05. The molecule has 0 saturated heterocycles. The number of hydrogen-bond donors (Lipinski definition) is 1. The van der Waals surface area contributed by atoms with Crippen LogP contribution in [-0.2, 0) is 0 Å². The summed E-state index contributed by atoms with van der Waals surface area (Å²) in [5.41, 5.74) is 3.51. The number of rotatable bonds is 6. The van der Waals surface area contributed by atoms with Crippen molar-refractivity contribution in [3.05, 3.63) is 84.6 Å². The van der Waals surface area contributed by atoms with Crippen LogP contribution in [0.3, 0.4) is 0 Å². The number of anilines is 1. The summed E-state index contributed by atoms with van der Waals surface area (Å²) in [4.78, 5) is 12.7. The molecule has 0 bridgehead atoms. The molecule has 1 N–H and O–H groups in total. The van der Waals surface area contributed by atoms with Gasteiger partial charge in [0.2, 0.25) is 0 Å². The monoisotopic (exact) mass is 400 g/mol. The van der Waals surface area contributed by atoms with Crippen molar-refractivity contribution in [1.82, 2.24) is 15.0 Å². The van der Waals surface area contributed by atoms with Crippen molar-refractivity contribution in [1.29, 1.82) is 0 Å². The molecule has 0 aliphatic carbocycles. The van der Waals surface area contributed by atoms with Crippen LogP contribution in [0.25, 0.3) is 16.9 Å². The van der Waals surface area contributed by atoms with Gasteiger partial charge in [-0.3, -0.25) is 4.79 Å². The predicted molar refractivity (Wildman–Crippen MR) is 114 cm³/mol. The quantitative estimate of drug-likeness (QED) is 0.525. The second-order valence-corrected chi connectivity index (χ2v) is 6.48. The third kappa shape index (κ3) is 4.00. The van der Waals surface area contributed by atoms with E-state index in [1.807, 2.05) is 54.7 Å². The lowest BCUT2D eigenvalue weighted by Gasteiger charge is -2.11. The molecule has 7 heteroatoms. The fourth-order valence-corrected chi connectivity index (χ4v) is 2.99. The van der Waals surface area contributed by atoms with Crippen LogP contribution in [0.2, 0.25) is 0 Å². The van der Waals surface area contributed by atoms with Gasteiger partial charge in [0, 0.05) is 11.1 Å². The van der Waals surface area contributed by atoms with Crippen molar-refractivity contribution in [2.45, 2.75) is 0 Å². The molecule has 0 unspecified atom stereocenters. The van der Waals surface area contributed by atoms with Crippen LogP contribution >= 0.6 is 0 Å². The fraction of sp³-hybridized carbons (Fsp3) is 0.0870. The van der Waals surface area contributed by atoms with E-state index in [1.54, 1.807) is 43.2 Å². The zero-order valence-electron chi connectivity index (χ0n) is 16.6. The van der Waals surface area contributed by atoms with Gasteiger partial charge in [0.1, 0.15) is 17.2 Å². The van der Waals surface area contributed by atoms with E-state index < -0.39 is 0 Å². The molecule has 0 aliphatic heterocycles. The Morgan fingerprint density at radius 1 is 0.867 bits per heavy atom. The molecule has 0 fully saturated rings. The van der Waals surface area contributed by atoms with Gasteiger partial charge >= 0.3 is 0 Å². The van der Waals surface area contributed by atoms with Gasteiger partial charge < -0.3 is 14.8 Å². The maximum Gasteiger partial charge on any atom is 0.255 e. The number of nitrogens with zero attached hydrogens (tertiary/aromatic N) is 3. The van der Waals surface area contributed by atoms with Gasteiger partial charge in [0.15, 0.2) is 0 Å². The third-order valence-corrected chi connectivity index (χ3v) is 4.63. The van der Waals surface area contributed by atoms with Crippen LogP contribution < -0.4 is 14.8 Å². The second kappa shape index (κ2) is 8.48. The summed E-state index contributed by atoms with van der Waals surface area (Å²) in [6.45, 7) is 0. The van der Waals surface area contributed by atoms with Gasteiger partial charge in [-0.25, -0.2) is 4.68 Å². The van der Waals surface area contributed by atoms with Crippen LogP contribution in [0.15, 0.2) is 79.0 Å². The lowest BCUT2D eigenvalue weighted by Crippen LogP contribution is -2.14. The molecular formula is C23H20N4O3. The fourth-order valence-electron chi connectivity index (χ4n) is 2.99. The molecule has 0 radical (unpaired) electrons. The second-order valence-electron chi connectivity index (χ2n) is 6.48. The molecule has 0 saturated carbocycles. The van der Waals surface area contributed by atoms with Crippen LogP contribution in [0, 0.1) is 0 Å². The molecule has 0 aliphatic rings. The number of carbonyl (C=O) groups excluding carboxylic acids is 1. The summed E-state index contributed by atoms with van der Waals surface area (Å²) in [6, 6.07) is 22.0. The Morgan fingerprint density at radius 2 is 1.50 bits per heavy atom. The largest absolute Gasteiger partial charge is 0.497 e. The van der Waals surface area contributed by atoms with Crippen LogP contribution in [0.5, 0.6) is 11.5 Å². The Balaban J connectivity index is 1.58. The van der Waals surface area contributed by atoms with E-state index in [2.05, 4.69) is 15.6 Å². The van der Waals surface area contributed by atoms with Crippen molar-refractivity contribution in [3.63, 3.8) is 0 Å². The number of carbonyl (C=O) groups is 1. The lowest BCUT2D eigenvalue weighted by atomic mass is 10.1. The number of aromatic nitrogens is 3. The van der Waals surface area contributed by atoms with Gasteiger partial charge in [-0.2, -0.15) is 0 Å². The standard InChI is InChI=1S/C23H20N4O3/c1-29-18-11-7-16(8-12-18)21-15-27(26-25-21)22-6-4-3-5-20(22)24-23(28)17-9-13-19(30-2)14-10-17/h3-15H,1-2H3,(H,24,28). The minimum atomic E-state index is -0.222. The summed E-state index contributed by atoms with van der Waals surface area (Å²) in [6.07, 6.45) is 1.82. The first-order valence-corrected chi connectivity index (χ1v) is 9.29. The molecule has 1 amide bonds. The van der Waals surface area contributed by atoms with Crippen LogP contribution in [0.4, 0.5) is 5.69 Å². The van der Waals surface area contributed by atoms with Gasteiger partial charge in [-0.15, -0.1) is 5.10 Å². The van der Waals surface area contributed by atoms with E-state index in [0.29, 0.717) is 28.4 Å². The summed E-state index contributed by atoms with van der Waals surface area (Å²) in [5.74, 6) is 1.25. The van der Waals surface area contributed by atoms with E-state index >= 15 is 0 Å². The van der Waals surface area contributed by atoms with Crippen LogP contribution in [0.1, 0.15) is 10.4 Å². The highest BCUT2D eigenvalue weighted by atomic mass is 16.5. The number of ether oxygens (including phenoxy) is 2. The molecule has 4 aromatic rings. The number of amides is 1. The van der Waals surface area contributed by atoms with E-state index in [0.717, 1.165) is 11.3 Å². The zero-order chi connectivity index (χ0) is 20.9. The van der Waals surface area contributed by atoms with E-state index in [9.17, 15) is 4.79 Å². The number of benzene rings is 3. The average Bonchev–Trinajstić information content (AvgIpc) is 3.29. The topological polar surface area (TPSA) is 78.3 Å². The van der Waals surface area contributed by atoms with Gasteiger partial charge in [-0.05, 0) is 60.7 Å². The molecule has 7 nitrogen and oxygen atoms in total. The molecule has 1 aromatic heterocycles. The first-order valence-electron chi connectivity index (χ1n) is 9.29. The normalized spacial score (nSPS) is 10.5. The Labute approximate surface area is 173 Å². The van der Waals surface area contributed by atoms with Crippen molar-refractivity contribution in [3.8, 4) is 28.4 Å². The SMILES string of the molecule is COc1ccc(C(=O)Nc2ccccc2-n2cc(-c3ccc(OC)cc3)nn2)cc1. The Bertz CT molecular complexity index is 1150. The van der Waals surface area contributed by atoms with Gasteiger partial charge in [0.25, 0.3) is 5.91 Å². The van der Waals surface area contributed by atoms with E-state index in [4.69, 9.17) is 9.47 Å². The molecule has 3 aromatic carbocycles. The molecule has 0 atom stereocenters. The molecule has 150 valence electrons. The minimum absolute atomic E-state index is 0.222.